The Kier molecular flexibility index (Phi) is 6.69. The van der Waals surface area contributed by atoms with Crippen LogP contribution in [-0.2, 0) is 6.42 Å². The molecule has 1 aromatic rings. The summed E-state index contributed by atoms with van der Waals surface area (Å²) >= 11 is 5.38. The van der Waals surface area contributed by atoms with Crippen LogP contribution < -0.4 is 25.0 Å². The third-order valence-corrected chi connectivity index (χ3v) is 5.05. The molecule has 1 heterocycles. The van der Waals surface area contributed by atoms with Crippen molar-refractivity contribution in [3.05, 3.63) is 23.3 Å². The molecule has 3 N–H and O–H groups in total. The fourth-order valence-electron chi connectivity index (χ4n) is 3.63. The summed E-state index contributed by atoms with van der Waals surface area (Å²) in [6.45, 7) is 9.52. The maximum absolute atomic E-state index is 5.53. The van der Waals surface area contributed by atoms with Gasteiger partial charge in [-0.15, -0.1) is 0 Å². The van der Waals surface area contributed by atoms with Gasteiger partial charge in [0, 0.05) is 18.5 Å². The summed E-state index contributed by atoms with van der Waals surface area (Å²) in [5.41, 5.74) is 2.67. The average molecular weight is 353 g/mol. The molecule has 134 valence electrons. The highest BCUT2D eigenvalue weighted by atomic mass is 32.1. The van der Waals surface area contributed by atoms with Crippen LogP contribution in [0.3, 0.4) is 0 Å². The van der Waals surface area contributed by atoms with E-state index in [0.717, 1.165) is 37.6 Å². The number of likely N-dealkylation sites (N-methyl/N-ethyl adjacent to an activating group) is 1. The van der Waals surface area contributed by atoms with Gasteiger partial charge in [-0.1, -0.05) is 0 Å². The highest BCUT2D eigenvalue weighted by Gasteiger charge is 2.35. The first kappa shape index (κ1) is 18.8. The molecule has 1 aromatic carbocycles. The molecule has 0 spiro atoms. The van der Waals surface area contributed by atoms with E-state index in [4.69, 9.17) is 21.7 Å². The molecule has 2 rings (SSSR count). The minimum atomic E-state index is 0.226. The zero-order chi connectivity index (χ0) is 17.7. The van der Waals surface area contributed by atoms with Crippen molar-refractivity contribution in [1.29, 1.82) is 0 Å². The molecule has 0 saturated carbocycles. The smallest absolute Gasteiger partial charge is 0.166 e. The molecule has 0 bridgehead atoms. The monoisotopic (exact) mass is 352 g/mol. The molecule has 0 radical (unpaired) electrons. The van der Waals surface area contributed by atoms with E-state index in [-0.39, 0.29) is 6.04 Å². The van der Waals surface area contributed by atoms with Gasteiger partial charge in [-0.2, -0.15) is 0 Å². The lowest BCUT2D eigenvalue weighted by atomic mass is 9.88. The third-order valence-electron chi connectivity index (χ3n) is 4.79. The number of quaternary nitrogens is 1. The van der Waals surface area contributed by atoms with E-state index >= 15 is 0 Å². The minimum absolute atomic E-state index is 0.226. The molecule has 3 atom stereocenters. The Morgan fingerprint density at radius 1 is 1.29 bits per heavy atom. The van der Waals surface area contributed by atoms with Crippen molar-refractivity contribution in [3.63, 3.8) is 0 Å². The van der Waals surface area contributed by atoms with Crippen molar-refractivity contribution >= 4 is 17.3 Å². The maximum atomic E-state index is 5.53. The molecule has 1 aliphatic heterocycles. The fraction of sp³-hybridized carbons (Fsp3) is 0.611. The normalized spacial score (nSPS) is 20.7. The first-order chi connectivity index (χ1) is 11.5. The highest BCUT2D eigenvalue weighted by Crippen LogP contribution is 2.34. The molecular formula is C18H30N3O2S+. The van der Waals surface area contributed by atoms with E-state index in [9.17, 15) is 0 Å². The van der Waals surface area contributed by atoms with E-state index in [1.54, 1.807) is 19.1 Å². The summed E-state index contributed by atoms with van der Waals surface area (Å²) < 4.78 is 11.0. The van der Waals surface area contributed by atoms with Gasteiger partial charge in [-0.05, 0) is 50.7 Å². The number of methoxy groups -OCH3 is 2. The van der Waals surface area contributed by atoms with Gasteiger partial charge in [0.25, 0.3) is 0 Å². The van der Waals surface area contributed by atoms with Gasteiger partial charge in [0.05, 0.1) is 33.4 Å². The van der Waals surface area contributed by atoms with Crippen LogP contribution in [0.1, 0.15) is 37.9 Å². The Hall–Kier alpha value is -1.53. The SMILES string of the molecule is CCNC(=S)N[C@H](C)[C@H]1c2cc(OC)c(OC)cc2CC[NH+]1CC. The van der Waals surface area contributed by atoms with Gasteiger partial charge >= 0.3 is 0 Å². The van der Waals surface area contributed by atoms with Gasteiger partial charge in [0.1, 0.15) is 6.04 Å². The van der Waals surface area contributed by atoms with Gasteiger partial charge in [0.2, 0.25) is 0 Å². The molecule has 1 aliphatic rings. The Bertz CT molecular complexity index is 580. The number of hydrogen-bond acceptors (Lipinski definition) is 3. The summed E-state index contributed by atoms with van der Waals surface area (Å²) in [4.78, 5) is 1.56. The van der Waals surface area contributed by atoms with E-state index in [0.29, 0.717) is 11.2 Å². The maximum Gasteiger partial charge on any atom is 0.166 e. The second-order valence-corrected chi connectivity index (χ2v) is 6.60. The van der Waals surface area contributed by atoms with Crippen LogP contribution in [-0.4, -0.2) is 45.0 Å². The van der Waals surface area contributed by atoms with Crippen molar-refractivity contribution in [2.45, 2.75) is 39.3 Å². The van der Waals surface area contributed by atoms with Crippen LogP contribution >= 0.6 is 12.2 Å². The molecule has 0 aliphatic carbocycles. The second kappa shape index (κ2) is 8.53. The molecule has 0 amide bonds. The molecule has 1 unspecified atom stereocenters. The minimum Gasteiger partial charge on any atom is -0.493 e. The first-order valence-electron chi connectivity index (χ1n) is 8.69. The predicted octanol–water partition coefficient (Wildman–Crippen LogP) is 1.08. The predicted molar refractivity (Wildman–Crippen MR) is 101 cm³/mol. The van der Waals surface area contributed by atoms with E-state index < -0.39 is 0 Å². The third kappa shape index (κ3) is 3.92. The molecule has 0 saturated heterocycles. The molecule has 5 nitrogen and oxygen atoms in total. The van der Waals surface area contributed by atoms with Crippen LogP contribution in [0, 0.1) is 0 Å². The van der Waals surface area contributed by atoms with Crippen LogP contribution in [0.15, 0.2) is 12.1 Å². The van der Waals surface area contributed by atoms with Gasteiger partial charge < -0.3 is 25.0 Å². The van der Waals surface area contributed by atoms with E-state index in [1.165, 1.54) is 11.1 Å². The molecule has 0 fully saturated rings. The average Bonchev–Trinajstić information content (AvgIpc) is 2.59. The van der Waals surface area contributed by atoms with Crippen molar-refractivity contribution in [1.82, 2.24) is 10.6 Å². The number of hydrogen-bond donors (Lipinski definition) is 3. The van der Waals surface area contributed by atoms with Crippen molar-refractivity contribution < 1.29 is 14.4 Å². The Balaban J connectivity index is 2.37. The van der Waals surface area contributed by atoms with Crippen molar-refractivity contribution in [2.24, 2.45) is 0 Å². The van der Waals surface area contributed by atoms with Crippen LogP contribution in [0.2, 0.25) is 0 Å². The van der Waals surface area contributed by atoms with Crippen LogP contribution in [0.5, 0.6) is 11.5 Å². The summed E-state index contributed by atoms with van der Waals surface area (Å²) in [5.74, 6) is 1.60. The number of rotatable bonds is 6. The topological polar surface area (TPSA) is 47.0 Å². The van der Waals surface area contributed by atoms with E-state index in [1.807, 2.05) is 0 Å². The second-order valence-electron chi connectivity index (χ2n) is 6.19. The van der Waals surface area contributed by atoms with E-state index in [2.05, 4.69) is 43.5 Å². The Morgan fingerprint density at radius 2 is 1.96 bits per heavy atom. The summed E-state index contributed by atoms with van der Waals surface area (Å²) in [6, 6.07) is 4.82. The number of benzene rings is 1. The zero-order valence-corrected chi connectivity index (χ0v) is 16.2. The first-order valence-corrected chi connectivity index (χ1v) is 9.10. The highest BCUT2D eigenvalue weighted by molar-refractivity contribution is 7.80. The molecular weight excluding hydrogens is 322 g/mol. The van der Waals surface area contributed by atoms with Crippen LogP contribution in [0.4, 0.5) is 0 Å². The lowest BCUT2D eigenvalue weighted by Gasteiger charge is -2.38. The largest absolute Gasteiger partial charge is 0.493 e. The van der Waals surface area contributed by atoms with Gasteiger partial charge in [-0.3, -0.25) is 0 Å². The number of thiocarbonyl (C=S) groups is 1. The standard InChI is InChI=1S/C18H29N3O2S/c1-6-19-18(24)20-12(3)17-14-11-16(23-5)15(22-4)10-13(14)8-9-21(17)7-2/h10-12,17H,6-9H2,1-5H3,(H2,19,20,24)/p+1/t12-,17+/m1/s1. The lowest BCUT2D eigenvalue weighted by Crippen LogP contribution is -3.14. The Morgan fingerprint density at radius 3 is 2.54 bits per heavy atom. The van der Waals surface area contributed by atoms with Gasteiger partial charge in [0.15, 0.2) is 16.6 Å². The van der Waals surface area contributed by atoms with Gasteiger partial charge in [-0.25, -0.2) is 0 Å². The summed E-state index contributed by atoms with van der Waals surface area (Å²) in [5, 5.41) is 7.34. The molecule has 0 aromatic heterocycles. The quantitative estimate of drug-likeness (QED) is 0.669. The number of fused-ring (bicyclic) bond motifs is 1. The summed E-state index contributed by atoms with van der Waals surface area (Å²) in [6.07, 6.45) is 1.06. The van der Waals surface area contributed by atoms with Crippen molar-refractivity contribution in [3.8, 4) is 11.5 Å². The molecule has 6 heteroatoms. The number of nitrogens with one attached hydrogen (secondary N) is 3. The zero-order valence-electron chi connectivity index (χ0n) is 15.4. The van der Waals surface area contributed by atoms with Crippen molar-refractivity contribution in [2.75, 3.05) is 33.9 Å². The lowest BCUT2D eigenvalue weighted by molar-refractivity contribution is -0.933. The molecule has 24 heavy (non-hydrogen) atoms. The Labute approximate surface area is 150 Å². The number of ether oxygens (including phenoxy) is 2. The fourth-order valence-corrected chi connectivity index (χ4v) is 3.96. The summed E-state index contributed by atoms with van der Waals surface area (Å²) in [7, 11) is 3.38. The van der Waals surface area contributed by atoms with Crippen LogP contribution in [0.25, 0.3) is 0 Å².